The Morgan fingerprint density at radius 3 is 2.11 bits per heavy atom. The molecule has 3 nitrogen and oxygen atoms in total. The molecule has 0 amide bonds. The van der Waals surface area contributed by atoms with Crippen LogP contribution in [0.25, 0.3) is 33.3 Å². The topological polar surface area (TPSA) is 45.8 Å². The number of nitrogens with zero attached hydrogens (tertiary/aromatic N) is 1. The number of benzene rings is 3. The molecule has 4 rings (SSSR count). The molecule has 0 spiro atoms. The normalized spacial score (nSPS) is 11.7. The monoisotopic (exact) mass is 366 g/mol. The molecule has 0 aliphatic rings. The van der Waals surface area contributed by atoms with Crippen molar-refractivity contribution in [3.8, 4) is 22.4 Å². The molecule has 0 bridgehead atoms. The van der Waals surface area contributed by atoms with Gasteiger partial charge in [-0.3, -0.25) is 0 Å². The Morgan fingerprint density at radius 2 is 1.44 bits per heavy atom. The van der Waals surface area contributed by atoms with Crippen LogP contribution in [0.1, 0.15) is 5.56 Å². The summed E-state index contributed by atoms with van der Waals surface area (Å²) in [5, 5.41) is 0.721. The Bertz CT molecular complexity index is 1160. The van der Waals surface area contributed by atoms with Crippen molar-refractivity contribution in [2.75, 3.05) is 0 Å². The maximum atomic E-state index is 12.8. The Labute approximate surface area is 152 Å². The highest BCUT2D eigenvalue weighted by Gasteiger charge is 2.29. The maximum Gasteiger partial charge on any atom is 0.416 e. The fraction of sp³-hybridized carbons (Fsp3) is 0.0476. The molecule has 6 heteroatoms. The third kappa shape index (κ3) is 3.33. The van der Waals surface area contributed by atoms with Gasteiger partial charge in [0.2, 0.25) is 0 Å². The summed E-state index contributed by atoms with van der Waals surface area (Å²) in [5.41, 5.74) is 2.18. The average Bonchev–Trinajstić information content (AvgIpc) is 2.67. The summed E-state index contributed by atoms with van der Waals surface area (Å²) in [7, 11) is 0. The van der Waals surface area contributed by atoms with Crippen molar-refractivity contribution in [1.82, 2.24) is 9.97 Å². The van der Waals surface area contributed by atoms with Crippen LogP contribution in [0.2, 0.25) is 0 Å². The number of fused-ring (bicyclic) bond motifs is 1. The number of aromatic amines is 1. The van der Waals surface area contributed by atoms with E-state index >= 15 is 0 Å². The van der Waals surface area contributed by atoms with Crippen molar-refractivity contribution in [2.45, 2.75) is 6.18 Å². The van der Waals surface area contributed by atoms with Crippen molar-refractivity contribution >= 4 is 10.9 Å². The van der Waals surface area contributed by atoms with E-state index in [1.54, 1.807) is 12.1 Å². The molecule has 1 N–H and O–H groups in total. The summed E-state index contributed by atoms with van der Waals surface area (Å²) in [5.74, 6) is 0. The fourth-order valence-electron chi connectivity index (χ4n) is 3.00. The van der Waals surface area contributed by atoms with Gasteiger partial charge >= 0.3 is 11.9 Å². The van der Waals surface area contributed by atoms with E-state index in [9.17, 15) is 18.0 Å². The van der Waals surface area contributed by atoms with Crippen molar-refractivity contribution in [2.24, 2.45) is 0 Å². The van der Waals surface area contributed by atoms with Crippen molar-refractivity contribution in [1.29, 1.82) is 0 Å². The number of hydrogen-bond donors (Lipinski definition) is 1. The van der Waals surface area contributed by atoms with Crippen LogP contribution in [0.4, 0.5) is 13.2 Å². The molecule has 0 aliphatic carbocycles. The number of aromatic nitrogens is 2. The first-order valence-electron chi connectivity index (χ1n) is 8.19. The molecule has 3 aromatic carbocycles. The fourth-order valence-corrected chi connectivity index (χ4v) is 3.00. The first kappa shape index (κ1) is 17.0. The zero-order valence-corrected chi connectivity index (χ0v) is 13.9. The van der Waals surface area contributed by atoms with Crippen LogP contribution >= 0.6 is 0 Å². The van der Waals surface area contributed by atoms with E-state index in [1.165, 1.54) is 12.1 Å². The average molecular weight is 366 g/mol. The smallest absolute Gasteiger partial charge is 0.305 e. The number of H-pyrrole nitrogens is 1. The lowest BCUT2D eigenvalue weighted by Crippen LogP contribution is -2.11. The minimum absolute atomic E-state index is 0.455. The summed E-state index contributed by atoms with van der Waals surface area (Å²) in [4.78, 5) is 18.7. The molecule has 134 valence electrons. The minimum Gasteiger partial charge on any atom is -0.305 e. The van der Waals surface area contributed by atoms with Crippen molar-refractivity contribution < 1.29 is 13.2 Å². The molecule has 0 fully saturated rings. The van der Waals surface area contributed by atoms with E-state index in [2.05, 4.69) is 9.97 Å². The number of hydrogen-bond acceptors (Lipinski definition) is 2. The zero-order valence-electron chi connectivity index (χ0n) is 13.9. The van der Waals surface area contributed by atoms with Gasteiger partial charge in [-0.25, -0.2) is 4.79 Å². The van der Waals surface area contributed by atoms with E-state index < -0.39 is 17.4 Å². The van der Waals surface area contributed by atoms with Gasteiger partial charge in [-0.2, -0.15) is 18.2 Å². The van der Waals surface area contributed by atoms with Crippen LogP contribution in [0.5, 0.6) is 0 Å². The van der Waals surface area contributed by atoms with Gasteiger partial charge < -0.3 is 4.98 Å². The van der Waals surface area contributed by atoms with Crippen LogP contribution < -0.4 is 5.69 Å². The minimum atomic E-state index is -4.37. The number of nitrogens with one attached hydrogen (secondary N) is 1. The predicted molar refractivity (Wildman–Crippen MR) is 98.2 cm³/mol. The summed E-state index contributed by atoms with van der Waals surface area (Å²) in [6.07, 6.45) is -4.37. The van der Waals surface area contributed by atoms with E-state index in [4.69, 9.17) is 0 Å². The van der Waals surface area contributed by atoms with Crippen LogP contribution in [-0.4, -0.2) is 9.97 Å². The quantitative estimate of drug-likeness (QED) is 0.525. The first-order chi connectivity index (χ1) is 12.9. The lowest BCUT2D eigenvalue weighted by molar-refractivity contribution is -0.137. The van der Waals surface area contributed by atoms with E-state index in [-0.39, 0.29) is 0 Å². The van der Waals surface area contributed by atoms with Gasteiger partial charge in [-0.15, -0.1) is 0 Å². The molecule has 0 aliphatic heterocycles. The van der Waals surface area contributed by atoms with Crippen LogP contribution in [0.15, 0.2) is 77.6 Å². The summed E-state index contributed by atoms with van der Waals surface area (Å²) in [6, 6.07) is 19.6. The highest BCUT2D eigenvalue weighted by molar-refractivity contribution is 5.94. The van der Waals surface area contributed by atoms with Gasteiger partial charge in [0.15, 0.2) is 0 Å². The van der Waals surface area contributed by atoms with E-state index in [1.807, 2.05) is 36.4 Å². The lowest BCUT2D eigenvalue weighted by Gasteiger charge is -2.10. The Balaban J connectivity index is 1.87. The summed E-state index contributed by atoms with van der Waals surface area (Å²) in [6.45, 7) is 0. The van der Waals surface area contributed by atoms with Gasteiger partial charge in [-0.05, 0) is 35.4 Å². The van der Waals surface area contributed by atoms with Crippen molar-refractivity contribution in [3.63, 3.8) is 0 Å². The summed E-state index contributed by atoms with van der Waals surface area (Å²) >= 11 is 0. The molecular weight excluding hydrogens is 353 g/mol. The molecule has 4 aromatic rings. The van der Waals surface area contributed by atoms with Gasteiger partial charge in [0.25, 0.3) is 0 Å². The molecule has 0 unspecified atom stereocenters. The zero-order chi connectivity index (χ0) is 19.0. The first-order valence-corrected chi connectivity index (χ1v) is 8.19. The Morgan fingerprint density at radius 1 is 0.778 bits per heavy atom. The molecule has 1 heterocycles. The van der Waals surface area contributed by atoms with Crippen LogP contribution in [0.3, 0.4) is 0 Å². The highest BCUT2D eigenvalue weighted by Crippen LogP contribution is 2.32. The lowest BCUT2D eigenvalue weighted by atomic mass is 9.99. The van der Waals surface area contributed by atoms with Gasteiger partial charge in [0.05, 0.1) is 16.8 Å². The standard InChI is InChI=1S/C21H13F3N2O/c22-21(23,24)16-9-6-13(7-10-16)15-8-11-18-17(12-15)19(26-20(27)25-18)14-4-2-1-3-5-14/h1-12H,(H,25,26,27). The van der Waals surface area contributed by atoms with Crippen LogP contribution in [-0.2, 0) is 6.18 Å². The number of alkyl halides is 3. The van der Waals surface area contributed by atoms with Gasteiger partial charge in [-0.1, -0.05) is 48.5 Å². The third-order valence-electron chi connectivity index (χ3n) is 4.32. The number of rotatable bonds is 2. The predicted octanol–water partition coefficient (Wildman–Crippen LogP) is 5.28. The number of halogens is 3. The molecule has 0 radical (unpaired) electrons. The van der Waals surface area contributed by atoms with Crippen molar-refractivity contribution in [3.05, 3.63) is 88.8 Å². The molecule has 0 atom stereocenters. The molecule has 0 saturated carbocycles. The Kier molecular flexibility index (Phi) is 4.03. The summed E-state index contributed by atoms with van der Waals surface area (Å²) < 4.78 is 38.3. The maximum absolute atomic E-state index is 12.8. The van der Waals surface area contributed by atoms with Gasteiger partial charge in [0.1, 0.15) is 0 Å². The largest absolute Gasteiger partial charge is 0.416 e. The van der Waals surface area contributed by atoms with E-state index in [0.717, 1.165) is 28.6 Å². The van der Waals surface area contributed by atoms with Gasteiger partial charge in [0, 0.05) is 10.9 Å². The Hall–Kier alpha value is -3.41. The molecular formula is C21H13F3N2O. The molecule has 27 heavy (non-hydrogen) atoms. The second-order valence-electron chi connectivity index (χ2n) is 6.09. The second kappa shape index (κ2) is 6.39. The third-order valence-corrected chi connectivity index (χ3v) is 4.32. The van der Waals surface area contributed by atoms with E-state index in [0.29, 0.717) is 16.8 Å². The molecule has 0 saturated heterocycles. The molecule has 1 aromatic heterocycles. The SMILES string of the molecule is O=c1nc(-c2ccccc2)c2cc(-c3ccc(C(F)(F)F)cc3)ccc2[nH]1. The second-order valence-corrected chi connectivity index (χ2v) is 6.09. The van der Waals surface area contributed by atoms with Crippen LogP contribution in [0, 0.1) is 0 Å². The highest BCUT2D eigenvalue weighted by atomic mass is 19.4.